The Kier molecular flexibility index (Phi) is 3.50. The summed E-state index contributed by atoms with van der Waals surface area (Å²) in [5.41, 5.74) is 6.10. The van der Waals surface area contributed by atoms with Crippen LogP contribution in [0.4, 0.5) is 0 Å². The van der Waals surface area contributed by atoms with Crippen LogP contribution in [-0.2, 0) is 0 Å². The zero-order valence-corrected chi connectivity index (χ0v) is 7.92. The Morgan fingerprint density at radius 1 is 1.42 bits per heavy atom. The lowest BCUT2D eigenvalue weighted by atomic mass is 9.88. The van der Waals surface area contributed by atoms with Gasteiger partial charge in [0.15, 0.2) is 0 Å². The van der Waals surface area contributed by atoms with Crippen molar-refractivity contribution in [1.82, 2.24) is 4.90 Å². The Labute approximate surface area is 74.5 Å². The monoisotopic (exact) mass is 172 g/mol. The van der Waals surface area contributed by atoms with Gasteiger partial charge in [-0.05, 0) is 25.8 Å². The van der Waals surface area contributed by atoms with E-state index in [0.717, 1.165) is 38.9 Å². The first-order valence-corrected chi connectivity index (χ1v) is 4.82. The topological polar surface area (TPSA) is 49.5 Å². The second-order valence-electron chi connectivity index (χ2n) is 3.86. The highest BCUT2D eigenvalue weighted by Crippen LogP contribution is 2.21. The standard InChI is InChI=1S/C9H20N2O/c1-2-9(10)7-11(8-9)5-3-4-6-12/h12H,2-8,10H2,1H3. The molecule has 0 unspecified atom stereocenters. The normalized spacial score (nSPS) is 22.2. The van der Waals surface area contributed by atoms with Gasteiger partial charge in [-0.2, -0.15) is 0 Å². The number of nitrogens with zero attached hydrogens (tertiary/aromatic N) is 1. The van der Waals surface area contributed by atoms with E-state index in [1.165, 1.54) is 0 Å². The molecule has 0 aromatic heterocycles. The molecule has 0 amide bonds. The average molecular weight is 172 g/mol. The van der Waals surface area contributed by atoms with Gasteiger partial charge in [-0.25, -0.2) is 0 Å². The summed E-state index contributed by atoms with van der Waals surface area (Å²) in [4.78, 5) is 2.36. The third-order valence-electron chi connectivity index (χ3n) is 2.66. The van der Waals surface area contributed by atoms with Gasteiger partial charge in [-0.15, -0.1) is 0 Å². The Hall–Kier alpha value is -0.120. The summed E-state index contributed by atoms with van der Waals surface area (Å²) in [5.74, 6) is 0. The van der Waals surface area contributed by atoms with Crippen molar-refractivity contribution >= 4 is 0 Å². The Morgan fingerprint density at radius 2 is 2.08 bits per heavy atom. The van der Waals surface area contributed by atoms with Gasteiger partial charge in [0.1, 0.15) is 0 Å². The zero-order chi connectivity index (χ0) is 9.03. The van der Waals surface area contributed by atoms with Crippen molar-refractivity contribution in [3.8, 4) is 0 Å². The second-order valence-corrected chi connectivity index (χ2v) is 3.86. The molecule has 1 rings (SSSR count). The molecule has 0 saturated carbocycles. The number of hydrogen-bond acceptors (Lipinski definition) is 3. The van der Waals surface area contributed by atoms with Crippen LogP contribution in [0.15, 0.2) is 0 Å². The number of rotatable bonds is 5. The molecule has 0 radical (unpaired) electrons. The van der Waals surface area contributed by atoms with Crippen molar-refractivity contribution < 1.29 is 5.11 Å². The summed E-state index contributed by atoms with van der Waals surface area (Å²) in [6.45, 7) is 5.63. The van der Waals surface area contributed by atoms with Gasteiger partial charge in [0.25, 0.3) is 0 Å². The lowest BCUT2D eigenvalue weighted by Gasteiger charge is -2.47. The number of nitrogens with two attached hydrogens (primary N) is 1. The molecular weight excluding hydrogens is 152 g/mol. The molecule has 72 valence electrons. The van der Waals surface area contributed by atoms with Crippen molar-refractivity contribution in [1.29, 1.82) is 0 Å². The maximum Gasteiger partial charge on any atom is 0.0431 e. The first kappa shape index (κ1) is 9.96. The number of unbranched alkanes of at least 4 members (excludes halogenated alkanes) is 1. The van der Waals surface area contributed by atoms with E-state index in [4.69, 9.17) is 10.8 Å². The molecule has 0 atom stereocenters. The van der Waals surface area contributed by atoms with E-state index >= 15 is 0 Å². The van der Waals surface area contributed by atoms with Gasteiger partial charge in [-0.1, -0.05) is 6.92 Å². The molecule has 0 aromatic carbocycles. The van der Waals surface area contributed by atoms with E-state index in [9.17, 15) is 0 Å². The molecule has 0 spiro atoms. The fourth-order valence-electron chi connectivity index (χ4n) is 1.67. The van der Waals surface area contributed by atoms with Crippen LogP contribution in [0, 0.1) is 0 Å². The molecule has 1 aliphatic rings. The average Bonchev–Trinajstić information content (AvgIpc) is 2.01. The smallest absolute Gasteiger partial charge is 0.0431 e. The third-order valence-corrected chi connectivity index (χ3v) is 2.66. The minimum absolute atomic E-state index is 0.0964. The van der Waals surface area contributed by atoms with Crippen LogP contribution in [0.1, 0.15) is 26.2 Å². The molecule has 1 fully saturated rings. The largest absolute Gasteiger partial charge is 0.396 e. The summed E-state index contributed by atoms with van der Waals surface area (Å²) < 4.78 is 0. The van der Waals surface area contributed by atoms with Crippen LogP contribution >= 0.6 is 0 Å². The van der Waals surface area contributed by atoms with Crippen LogP contribution in [0.5, 0.6) is 0 Å². The minimum Gasteiger partial charge on any atom is -0.396 e. The van der Waals surface area contributed by atoms with Crippen LogP contribution in [0.3, 0.4) is 0 Å². The predicted octanol–water partition coefficient (Wildman–Crippen LogP) is 0.182. The van der Waals surface area contributed by atoms with Crippen molar-refractivity contribution in [3.05, 3.63) is 0 Å². The highest BCUT2D eigenvalue weighted by Gasteiger charge is 2.36. The maximum atomic E-state index is 8.58. The first-order chi connectivity index (χ1) is 5.70. The van der Waals surface area contributed by atoms with Gasteiger partial charge >= 0.3 is 0 Å². The van der Waals surface area contributed by atoms with E-state index in [0.29, 0.717) is 6.61 Å². The molecule has 1 aliphatic heterocycles. The lowest BCUT2D eigenvalue weighted by molar-refractivity contribution is 0.0651. The lowest BCUT2D eigenvalue weighted by Crippen LogP contribution is -2.66. The van der Waals surface area contributed by atoms with Crippen LogP contribution < -0.4 is 5.73 Å². The number of aliphatic hydroxyl groups is 1. The van der Waals surface area contributed by atoms with E-state index in [2.05, 4.69) is 11.8 Å². The van der Waals surface area contributed by atoms with E-state index in [1.54, 1.807) is 0 Å². The van der Waals surface area contributed by atoms with Crippen molar-refractivity contribution in [2.24, 2.45) is 5.73 Å². The van der Waals surface area contributed by atoms with Crippen molar-refractivity contribution in [2.75, 3.05) is 26.2 Å². The second kappa shape index (κ2) is 4.21. The van der Waals surface area contributed by atoms with E-state index < -0.39 is 0 Å². The molecule has 12 heavy (non-hydrogen) atoms. The number of aliphatic hydroxyl groups excluding tert-OH is 1. The molecule has 3 heteroatoms. The fourth-order valence-corrected chi connectivity index (χ4v) is 1.67. The Balaban J connectivity index is 2.02. The van der Waals surface area contributed by atoms with Gasteiger partial charge in [0.2, 0.25) is 0 Å². The van der Waals surface area contributed by atoms with Gasteiger partial charge in [0, 0.05) is 25.2 Å². The number of likely N-dealkylation sites (tertiary alicyclic amines) is 1. The van der Waals surface area contributed by atoms with Crippen LogP contribution in [0.25, 0.3) is 0 Å². The molecule has 1 saturated heterocycles. The molecular formula is C9H20N2O. The van der Waals surface area contributed by atoms with Crippen LogP contribution in [0.2, 0.25) is 0 Å². The van der Waals surface area contributed by atoms with Gasteiger partial charge in [0.05, 0.1) is 0 Å². The molecule has 0 aromatic rings. The van der Waals surface area contributed by atoms with Crippen LogP contribution in [-0.4, -0.2) is 41.8 Å². The predicted molar refractivity (Wildman–Crippen MR) is 50.0 cm³/mol. The summed E-state index contributed by atoms with van der Waals surface area (Å²) in [5, 5.41) is 8.58. The first-order valence-electron chi connectivity index (χ1n) is 4.82. The SMILES string of the molecule is CCC1(N)CN(CCCCO)C1. The fraction of sp³-hybridized carbons (Fsp3) is 1.00. The summed E-state index contributed by atoms with van der Waals surface area (Å²) in [6, 6.07) is 0. The Bertz CT molecular complexity index is 132. The van der Waals surface area contributed by atoms with Gasteiger partial charge in [-0.3, -0.25) is 4.90 Å². The highest BCUT2D eigenvalue weighted by atomic mass is 16.2. The maximum absolute atomic E-state index is 8.58. The van der Waals surface area contributed by atoms with E-state index in [-0.39, 0.29) is 5.54 Å². The summed E-state index contributed by atoms with van der Waals surface area (Å²) in [7, 11) is 0. The third kappa shape index (κ3) is 2.44. The van der Waals surface area contributed by atoms with Crippen molar-refractivity contribution in [2.45, 2.75) is 31.7 Å². The summed E-state index contributed by atoms with van der Waals surface area (Å²) >= 11 is 0. The quantitative estimate of drug-likeness (QED) is 0.582. The molecule has 1 heterocycles. The molecule has 3 N–H and O–H groups in total. The molecule has 0 bridgehead atoms. The minimum atomic E-state index is 0.0964. The Morgan fingerprint density at radius 3 is 2.58 bits per heavy atom. The number of hydrogen-bond donors (Lipinski definition) is 2. The summed E-state index contributed by atoms with van der Waals surface area (Å²) in [6.07, 6.45) is 3.08. The highest BCUT2D eigenvalue weighted by molar-refractivity contribution is 4.98. The van der Waals surface area contributed by atoms with Gasteiger partial charge < -0.3 is 10.8 Å². The molecule has 0 aliphatic carbocycles. The van der Waals surface area contributed by atoms with E-state index in [1.807, 2.05) is 0 Å². The van der Waals surface area contributed by atoms with Crippen molar-refractivity contribution in [3.63, 3.8) is 0 Å². The molecule has 3 nitrogen and oxygen atoms in total. The zero-order valence-electron chi connectivity index (χ0n) is 7.92.